The van der Waals surface area contributed by atoms with Crippen molar-refractivity contribution in [2.45, 2.75) is 19.6 Å². The summed E-state index contributed by atoms with van der Waals surface area (Å²) < 4.78 is 7.48. The highest BCUT2D eigenvalue weighted by Crippen LogP contribution is 2.24. The van der Waals surface area contributed by atoms with Crippen LogP contribution in [0.2, 0.25) is 0 Å². The minimum Gasteiger partial charge on any atom is -0.473 e. The second kappa shape index (κ2) is 14.0. The van der Waals surface area contributed by atoms with Crippen LogP contribution >= 0.6 is 0 Å². The second-order valence-electron chi connectivity index (χ2n) is 9.02. The molecule has 1 aromatic heterocycles. The topological polar surface area (TPSA) is 117 Å². The highest BCUT2D eigenvalue weighted by molar-refractivity contribution is 6.27. The molecule has 1 saturated heterocycles. The van der Waals surface area contributed by atoms with Crippen LogP contribution in [0.5, 0.6) is 0 Å². The third-order valence-corrected chi connectivity index (χ3v) is 6.29. The van der Waals surface area contributed by atoms with Crippen molar-refractivity contribution in [2.75, 3.05) is 26.3 Å². The normalized spacial score (nSPS) is 13.3. The number of carbonyl (C=O) groups is 2. The van der Waals surface area contributed by atoms with Crippen LogP contribution in [0.3, 0.4) is 0 Å². The van der Waals surface area contributed by atoms with Crippen LogP contribution in [-0.2, 0) is 34.0 Å². The van der Waals surface area contributed by atoms with Gasteiger partial charge in [-0.1, -0.05) is 72.8 Å². The molecule has 0 radical (unpaired) electrons. The van der Waals surface area contributed by atoms with Crippen molar-refractivity contribution in [3.63, 3.8) is 0 Å². The minimum absolute atomic E-state index is 0.753. The summed E-state index contributed by atoms with van der Waals surface area (Å²) in [5, 5.41) is 23.4. The Balaban J connectivity index is 0.000000531. The largest absolute Gasteiger partial charge is 0.473 e. The van der Waals surface area contributed by atoms with Gasteiger partial charge in [-0.25, -0.2) is 14.3 Å². The number of benzene rings is 3. The van der Waals surface area contributed by atoms with E-state index in [-0.39, 0.29) is 0 Å². The molecule has 0 atom stereocenters. The summed E-state index contributed by atoms with van der Waals surface area (Å²) in [6, 6.07) is 29.4. The first-order valence-electron chi connectivity index (χ1n) is 12.7. The summed E-state index contributed by atoms with van der Waals surface area (Å²) in [6.07, 6.45) is 2.14. The molecule has 202 valence electrons. The van der Waals surface area contributed by atoms with E-state index < -0.39 is 11.9 Å². The van der Waals surface area contributed by atoms with E-state index in [0.717, 1.165) is 62.9 Å². The van der Waals surface area contributed by atoms with Crippen molar-refractivity contribution in [2.24, 2.45) is 0 Å². The number of hydrogen-bond acceptors (Lipinski definition) is 6. The lowest BCUT2D eigenvalue weighted by atomic mass is 10.1. The first kappa shape index (κ1) is 27.7. The monoisotopic (exact) mass is 528 g/mol. The molecule has 1 aliphatic heterocycles. The lowest BCUT2D eigenvalue weighted by Gasteiger charge is -2.27. The molecular weight excluding hydrogens is 496 g/mol. The van der Waals surface area contributed by atoms with Gasteiger partial charge in [-0.2, -0.15) is 5.10 Å². The number of para-hydroxylation sites is 1. The van der Waals surface area contributed by atoms with Crippen molar-refractivity contribution in [1.82, 2.24) is 20.0 Å². The van der Waals surface area contributed by atoms with Gasteiger partial charge in [-0.15, -0.1) is 0 Å². The molecule has 9 nitrogen and oxygen atoms in total. The predicted octanol–water partition coefficient (Wildman–Crippen LogP) is 3.82. The summed E-state index contributed by atoms with van der Waals surface area (Å²) in [4.78, 5) is 20.7. The van der Waals surface area contributed by atoms with E-state index in [2.05, 4.69) is 77.1 Å². The highest BCUT2D eigenvalue weighted by atomic mass is 16.5. The van der Waals surface area contributed by atoms with E-state index in [9.17, 15) is 0 Å². The van der Waals surface area contributed by atoms with Gasteiger partial charge in [0.2, 0.25) is 0 Å². The SMILES string of the molecule is O=C(O)C(=O)O.c1ccc(-c2nn(-c3ccccc3)cc2CNCc2ccccc2CN2CCOCC2)cc1. The standard InChI is InChI=1S/C28H30N4O.C2H2O4/c1-3-9-23(10-4-1)28-26(22-32(30-28)27-13-5-2-6-14-27)20-29-19-24-11-7-8-12-25(24)21-31-15-17-33-18-16-31;3-1(4)2(5)6/h1-14,22,29H,15-21H2;(H,3,4)(H,5,6). The van der Waals surface area contributed by atoms with Gasteiger partial charge in [0, 0.05) is 50.0 Å². The van der Waals surface area contributed by atoms with Crippen LogP contribution in [0.15, 0.2) is 91.1 Å². The maximum Gasteiger partial charge on any atom is 0.414 e. The Morgan fingerprint density at radius 3 is 1.97 bits per heavy atom. The zero-order valence-electron chi connectivity index (χ0n) is 21.6. The third kappa shape index (κ3) is 8.08. The quantitative estimate of drug-likeness (QED) is 0.296. The predicted molar refractivity (Wildman–Crippen MR) is 147 cm³/mol. The minimum atomic E-state index is -1.82. The first-order chi connectivity index (χ1) is 19.0. The highest BCUT2D eigenvalue weighted by Gasteiger charge is 2.14. The Labute approximate surface area is 227 Å². The Kier molecular flexibility index (Phi) is 9.96. The van der Waals surface area contributed by atoms with Gasteiger partial charge in [0.1, 0.15) is 0 Å². The molecule has 0 aliphatic carbocycles. The van der Waals surface area contributed by atoms with E-state index in [4.69, 9.17) is 29.6 Å². The van der Waals surface area contributed by atoms with Gasteiger partial charge >= 0.3 is 11.9 Å². The molecule has 0 saturated carbocycles. The van der Waals surface area contributed by atoms with Crippen molar-refractivity contribution in [3.8, 4) is 16.9 Å². The Hall–Kier alpha value is -4.31. The zero-order valence-corrected chi connectivity index (χ0v) is 21.6. The van der Waals surface area contributed by atoms with E-state index in [1.165, 1.54) is 16.7 Å². The number of carboxylic acid groups (broad SMARTS) is 2. The summed E-state index contributed by atoms with van der Waals surface area (Å²) in [5.74, 6) is -3.65. The van der Waals surface area contributed by atoms with Gasteiger partial charge in [0.15, 0.2) is 0 Å². The molecule has 0 unspecified atom stereocenters. The average molecular weight is 529 g/mol. The molecule has 1 fully saturated rings. The summed E-state index contributed by atoms with van der Waals surface area (Å²) in [7, 11) is 0. The molecule has 0 spiro atoms. The second-order valence-corrected chi connectivity index (χ2v) is 9.02. The van der Waals surface area contributed by atoms with Crippen molar-refractivity contribution in [1.29, 1.82) is 0 Å². The van der Waals surface area contributed by atoms with Crippen LogP contribution in [0, 0.1) is 0 Å². The summed E-state index contributed by atoms with van der Waals surface area (Å²) in [5.41, 5.74) is 7.15. The number of ether oxygens (including phenoxy) is 1. The number of aliphatic carboxylic acids is 2. The fraction of sp³-hybridized carbons (Fsp3) is 0.233. The molecule has 5 rings (SSSR count). The van der Waals surface area contributed by atoms with Crippen molar-refractivity contribution >= 4 is 11.9 Å². The lowest BCUT2D eigenvalue weighted by molar-refractivity contribution is -0.159. The number of hydrogen-bond donors (Lipinski definition) is 3. The van der Waals surface area contributed by atoms with Gasteiger partial charge in [-0.3, -0.25) is 4.90 Å². The fourth-order valence-electron chi connectivity index (χ4n) is 4.31. The van der Waals surface area contributed by atoms with Gasteiger partial charge in [0.05, 0.1) is 24.6 Å². The van der Waals surface area contributed by atoms with E-state index in [0.29, 0.717) is 0 Å². The number of nitrogens with zero attached hydrogens (tertiary/aromatic N) is 3. The van der Waals surface area contributed by atoms with Crippen molar-refractivity contribution in [3.05, 3.63) is 108 Å². The molecular formula is C30H32N4O5. The average Bonchev–Trinajstić information content (AvgIpc) is 3.40. The third-order valence-electron chi connectivity index (χ3n) is 6.29. The molecule has 3 aromatic carbocycles. The van der Waals surface area contributed by atoms with Gasteiger partial charge < -0.3 is 20.3 Å². The molecule has 0 bridgehead atoms. The Morgan fingerprint density at radius 2 is 1.33 bits per heavy atom. The summed E-state index contributed by atoms with van der Waals surface area (Å²) >= 11 is 0. The first-order valence-corrected chi connectivity index (χ1v) is 12.7. The number of nitrogens with one attached hydrogen (secondary N) is 1. The van der Waals surface area contributed by atoms with E-state index >= 15 is 0 Å². The smallest absolute Gasteiger partial charge is 0.414 e. The molecule has 4 aromatic rings. The Bertz CT molecular complexity index is 1340. The molecule has 1 aliphatic rings. The fourth-order valence-corrected chi connectivity index (χ4v) is 4.31. The van der Waals surface area contributed by atoms with Crippen LogP contribution in [0.25, 0.3) is 16.9 Å². The molecule has 2 heterocycles. The molecule has 39 heavy (non-hydrogen) atoms. The zero-order chi connectivity index (χ0) is 27.5. The van der Waals surface area contributed by atoms with Gasteiger partial charge in [-0.05, 0) is 23.3 Å². The van der Waals surface area contributed by atoms with Crippen LogP contribution in [0.4, 0.5) is 0 Å². The number of morpholine rings is 1. The van der Waals surface area contributed by atoms with Crippen LogP contribution in [0.1, 0.15) is 16.7 Å². The number of rotatable bonds is 8. The van der Waals surface area contributed by atoms with Crippen molar-refractivity contribution < 1.29 is 24.5 Å². The Morgan fingerprint density at radius 1 is 0.769 bits per heavy atom. The van der Waals surface area contributed by atoms with Crippen LogP contribution in [-0.4, -0.2) is 63.1 Å². The molecule has 9 heteroatoms. The lowest BCUT2D eigenvalue weighted by Crippen LogP contribution is -2.36. The molecule has 0 amide bonds. The summed E-state index contributed by atoms with van der Waals surface area (Å²) in [6.45, 7) is 6.21. The van der Waals surface area contributed by atoms with Crippen LogP contribution < -0.4 is 5.32 Å². The molecule has 3 N–H and O–H groups in total. The van der Waals surface area contributed by atoms with E-state index in [1.54, 1.807) is 0 Å². The van der Waals surface area contributed by atoms with E-state index in [1.807, 2.05) is 28.9 Å². The maximum absolute atomic E-state index is 9.10. The van der Waals surface area contributed by atoms with Gasteiger partial charge in [0.25, 0.3) is 0 Å². The maximum atomic E-state index is 9.10. The number of carboxylic acids is 2. The number of aromatic nitrogens is 2.